The summed E-state index contributed by atoms with van der Waals surface area (Å²) in [5.74, 6) is -1.79. The molecular weight excluding hydrogens is 283 g/mol. The third kappa shape index (κ3) is 3.32. The van der Waals surface area contributed by atoms with Gasteiger partial charge in [-0.3, -0.25) is 4.79 Å². The Bertz CT molecular complexity index is 470. The highest BCUT2D eigenvalue weighted by Gasteiger charge is 2.38. The van der Waals surface area contributed by atoms with Gasteiger partial charge in [0.05, 0.1) is 5.02 Å². The fraction of sp³-hybridized carbons (Fsp3) is 0.300. The fourth-order valence-corrected chi connectivity index (χ4v) is 1.57. The molecule has 0 bridgehead atoms. The molecule has 100 valence electrons. The molecule has 0 radical (unpaired) electrons. The molecule has 0 saturated carbocycles. The van der Waals surface area contributed by atoms with Gasteiger partial charge in [0.2, 0.25) is 0 Å². The van der Waals surface area contributed by atoms with Gasteiger partial charge in [-0.05, 0) is 19.1 Å². The van der Waals surface area contributed by atoms with E-state index in [9.17, 15) is 26.7 Å². The highest BCUT2D eigenvalue weighted by atomic mass is 35.5. The molecule has 0 aliphatic carbocycles. The van der Waals surface area contributed by atoms with Gasteiger partial charge in [-0.1, -0.05) is 11.6 Å². The van der Waals surface area contributed by atoms with Gasteiger partial charge in [-0.2, -0.15) is 22.0 Å². The van der Waals surface area contributed by atoms with Crippen LogP contribution in [0.1, 0.15) is 22.8 Å². The van der Waals surface area contributed by atoms with E-state index in [1.807, 2.05) is 0 Å². The van der Waals surface area contributed by atoms with Crippen LogP contribution in [0, 0.1) is 0 Å². The maximum Gasteiger partial charge on any atom is 0.421 e. The number of carbonyl (C=O) groups is 1. The van der Waals surface area contributed by atoms with Crippen LogP contribution in [0.25, 0.3) is 0 Å². The van der Waals surface area contributed by atoms with Crippen molar-refractivity contribution in [1.29, 1.82) is 0 Å². The third-order valence-corrected chi connectivity index (χ3v) is 2.26. The Morgan fingerprint density at radius 1 is 1.33 bits per heavy atom. The summed E-state index contributed by atoms with van der Waals surface area (Å²) in [5, 5.41) is -0.870. The summed E-state index contributed by atoms with van der Waals surface area (Å²) < 4.78 is 65.6. The summed E-state index contributed by atoms with van der Waals surface area (Å²) in [6.07, 6.45) is -4.96. The van der Waals surface area contributed by atoms with Gasteiger partial charge >= 0.3 is 12.8 Å². The number of alkyl halides is 5. The highest BCUT2D eigenvalue weighted by molar-refractivity contribution is 6.32. The van der Waals surface area contributed by atoms with Gasteiger partial charge in [0.15, 0.2) is 5.78 Å². The van der Waals surface area contributed by atoms with Crippen LogP contribution < -0.4 is 4.74 Å². The topological polar surface area (TPSA) is 26.3 Å². The standard InChI is InChI=1S/C10H6ClF5O2/c1-4(17)5-2-6(11)8(10(14,15)16)7(3-5)18-9(12)13/h2-3,9H,1H3. The minimum atomic E-state index is -4.96. The normalized spacial score (nSPS) is 11.8. The Morgan fingerprint density at radius 3 is 2.28 bits per heavy atom. The Balaban J connectivity index is 3.45. The zero-order valence-corrected chi connectivity index (χ0v) is 9.57. The number of ketones is 1. The van der Waals surface area contributed by atoms with E-state index in [0.29, 0.717) is 6.07 Å². The first-order valence-electron chi connectivity index (χ1n) is 4.49. The number of rotatable bonds is 3. The molecule has 2 nitrogen and oxygen atoms in total. The van der Waals surface area contributed by atoms with Crippen LogP contribution in [0.3, 0.4) is 0 Å². The van der Waals surface area contributed by atoms with Crippen LogP contribution >= 0.6 is 11.6 Å². The SMILES string of the molecule is CC(=O)c1cc(Cl)c(C(F)(F)F)c(OC(F)F)c1. The third-order valence-electron chi connectivity index (χ3n) is 1.96. The smallest absolute Gasteiger partial charge is 0.421 e. The van der Waals surface area contributed by atoms with Crippen molar-refractivity contribution in [3.8, 4) is 5.75 Å². The Hall–Kier alpha value is -1.37. The van der Waals surface area contributed by atoms with E-state index >= 15 is 0 Å². The van der Waals surface area contributed by atoms with Crippen LogP contribution in [0.4, 0.5) is 22.0 Å². The number of halogens is 6. The molecule has 0 heterocycles. The minimum Gasteiger partial charge on any atom is -0.434 e. The lowest BCUT2D eigenvalue weighted by Crippen LogP contribution is -2.13. The van der Waals surface area contributed by atoms with E-state index < -0.39 is 34.9 Å². The first-order valence-corrected chi connectivity index (χ1v) is 4.87. The summed E-state index contributed by atoms with van der Waals surface area (Å²) in [4.78, 5) is 11.0. The van der Waals surface area contributed by atoms with E-state index in [0.717, 1.165) is 13.0 Å². The average molecular weight is 289 g/mol. The van der Waals surface area contributed by atoms with E-state index in [2.05, 4.69) is 4.74 Å². The molecule has 0 spiro atoms. The molecule has 0 aromatic heterocycles. The molecule has 0 amide bonds. The van der Waals surface area contributed by atoms with Crippen molar-refractivity contribution in [3.05, 3.63) is 28.3 Å². The quantitative estimate of drug-likeness (QED) is 0.616. The lowest BCUT2D eigenvalue weighted by Gasteiger charge is -2.15. The predicted molar refractivity (Wildman–Crippen MR) is 53.1 cm³/mol. The molecular formula is C10H6ClF5O2. The monoisotopic (exact) mass is 288 g/mol. The zero-order valence-electron chi connectivity index (χ0n) is 8.82. The number of hydrogen-bond acceptors (Lipinski definition) is 2. The largest absolute Gasteiger partial charge is 0.434 e. The van der Waals surface area contributed by atoms with Crippen molar-refractivity contribution >= 4 is 17.4 Å². The van der Waals surface area contributed by atoms with Crippen molar-refractivity contribution in [2.24, 2.45) is 0 Å². The molecule has 0 N–H and O–H groups in total. The van der Waals surface area contributed by atoms with E-state index in [1.54, 1.807) is 0 Å². The molecule has 0 fully saturated rings. The van der Waals surface area contributed by atoms with Crippen LogP contribution in [-0.4, -0.2) is 12.4 Å². The molecule has 1 aromatic rings. The second-order valence-electron chi connectivity index (χ2n) is 3.26. The molecule has 0 atom stereocenters. The van der Waals surface area contributed by atoms with E-state index in [4.69, 9.17) is 11.6 Å². The average Bonchev–Trinajstić information content (AvgIpc) is 2.12. The summed E-state index contributed by atoms with van der Waals surface area (Å²) in [7, 11) is 0. The molecule has 8 heteroatoms. The van der Waals surface area contributed by atoms with Gasteiger partial charge in [0.25, 0.3) is 0 Å². The summed E-state index contributed by atoms with van der Waals surface area (Å²) in [6, 6.07) is 1.34. The number of carbonyl (C=O) groups excluding carboxylic acids is 1. The lowest BCUT2D eigenvalue weighted by atomic mass is 10.1. The van der Waals surface area contributed by atoms with Crippen LogP contribution in [-0.2, 0) is 6.18 Å². The fourth-order valence-electron chi connectivity index (χ4n) is 1.25. The Labute approximate surface area is 103 Å². The molecule has 0 aliphatic rings. The van der Waals surface area contributed by atoms with Crippen LogP contribution in [0.2, 0.25) is 5.02 Å². The summed E-state index contributed by atoms with van der Waals surface area (Å²) in [6.45, 7) is -2.39. The molecule has 0 aliphatic heterocycles. The zero-order chi connectivity index (χ0) is 14.1. The van der Waals surface area contributed by atoms with Gasteiger partial charge < -0.3 is 4.74 Å². The maximum atomic E-state index is 12.6. The number of Topliss-reactive ketones (excluding diaryl/α,β-unsaturated/α-hetero) is 1. The second kappa shape index (κ2) is 5.09. The van der Waals surface area contributed by atoms with Crippen molar-refractivity contribution in [2.45, 2.75) is 19.7 Å². The van der Waals surface area contributed by atoms with Crippen molar-refractivity contribution in [3.63, 3.8) is 0 Å². The predicted octanol–water partition coefficient (Wildman–Crippen LogP) is 4.16. The lowest BCUT2D eigenvalue weighted by molar-refractivity contribution is -0.141. The van der Waals surface area contributed by atoms with Crippen LogP contribution in [0.5, 0.6) is 5.75 Å². The number of ether oxygens (including phenoxy) is 1. The molecule has 1 rings (SSSR count). The van der Waals surface area contributed by atoms with E-state index in [1.165, 1.54) is 0 Å². The Morgan fingerprint density at radius 2 is 1.89 bits per heavy atom. The molecule has 1 aromatic carbocycles. The van der Waals surface area contributed by atoms with Crippen molar-refractivity contribution in [1.82, 2.24) is 0 Å². The van der Waals surface area contributed by atoms with Gasteiger partial charge in [-0.25, -0.2) is 0 Å². The molecule has 0 unspecified atom stereocenters. The van der Waals surface area contributed by atoms with Gasteiger partial charge in [0.1, 0.15) is 11.3 Å². The first kappa shape index (κ1) is 14.7. The number of hydrogen-bond donors (Lipinski definition) is 0. The second-order valence-corrected chi connectivity index (χ2v) is 3.67. The summed E-state index contributed by atoms with van der Waals surface area (Å²) >= 11 is 5.35. The molecule has 18 heavy (non-hydrogen) atoms. The van der Waals surface area contributed by atoms with E-state index in [-0.39, 0.29) is 5.56 Å². The first-order chi connectivity index (χ1) is 8.12. The van der Waals surface area contributed by atoms with Gasteiger partial charge in [0, 0.05) is 5.56 Å². The Kier molecular flexibility index (Phi) is 4.16. The highest BCUT2D eigenvalue weighted by Crippen LogP contribution is 2.42. The van der Waals surface area contributed by atoms with Gasteiger partial charge in [-0.15, -0.1) is 0 Å². The maximum absolute atomic E-state index is 12.6. The minimum absolute atomic E-state index is 0.247. The van der Waals surface area contributed by atoms with Crippen molar-refractivity contribution < 1.29 is 31.5 Å². The molecule has 0 saturated heterocycles. The van der Waals surface area contributed by atoms with Crippen molar-refractivity contribution in [2.75, 3.05) is 0 Å². The van der Waals surface area contributed by atoms with Crippen LogP contribution in [0.15, 0.2) is 12.1 Å². The summed E-state index contributed by atoms with van der Waals surface area (Å²) in [5.41, 5.74) is -1.78. The number of benzene rings is 1.